The monoisotopic (exact) mass is 271 g/mol. The quantitative estimate of drug-likeness (QED) is 0.825. The van der Waals surface area contributed by atoms with Crippen molar-refractivity contribution in [3.05, 3.63) is 22.5 Å². The number of carbonyl (C=O) groups excluding carboxylic acids is 1. The number of rotatable bonds is 4. The zero-order valence-electron chi connectivity index (χ0n) is 10.8. The van der Waals surface area contributed by atoms with Crippen molar-refractivity contribution in [3.63, 3.8) is 0 Å². The second-order valence-electron chi connectivity index (χ2n) is 3.98. The molecular formula is C12H18ClN3O2. The molecule has 18 heavy (non-hydrogen) atoms. The highest BCUT2D eigenvalue weighted by Gasteiger charge is 2.15. The van der Waals surface area contributed by atoms with Crippen LogP contribution in [-0.4, -0.2) is 40.7 Å². The number of hydrogen-bond donors (Lipinski definition) is 2. The van der Waals surface area contributed by atoms with Gasteiger partial charge in [0.15, 0.2) is 5.15 Å². The first kappa shape index (κ1) is 14.7. The van der Waals surface area contributed by atoms with E-state index in [2.05, 4.69) is 10.3 Å². The molecule has 1 aromatic heterocycles. The van der Waals surface area contributed by atoms with Gasteiger partial charge in [-0.1, -0.05) is 11.6 Å². The molecule has 0 aliphatic carbocycles. The van der Waals surface area contributed by atoms with Crippen molar-refractivity contribution in [3.8, 4) is 0 Å². The number of urea groups is 1. The predicted octanol–water partition coefficient (Wildman–Crippen LogP) is 2.20. The minimum absolute atomic E-state index is 0.0693. The van der Waals surface area contributed by atoms with Gasteiger partial charge in [0.25, 0.3) is 0 Å². The summed E-state index contributed by atoms with van der Waals surface area (Å²) in [6.45, 7) is 6.28. The number of pyridine rings is 1. The Balaban J connectivity index is 2.87. The molecule has 0 spiro atoms. The Bertz CT molecular complexity index is 414. The molecule has 0 aliphatic heterocycles. The summed E-state index contributed by atoms with van der Waals surface area (Å²) in [5.41, 5.74) is 2.18. The van der Waals surface area contributed by atoms with E-state index in [1.165, 1.54) is 4.90 Å². The van der Waals surface area contributed by atoms with Gasteiger partial charge in [0.1, 0.15) is 0 Å². The summed E-state index contributed by atoms with van der Waals surface area (Å²) < 4.78 is 0. The van der Waals surface area contributed by atoms with Gasteiger partial charge in [0, 0.05) is 18.8 Å². The fourth-order valence-electron chi connectivity index (χ4n) is 1.65. The minimum atomic E-state index is -0.290. The zero-order valence-corrected chi connectivity index (χ0v) is 11.6. The van der Waals surface area contributed by atoms with Crippen LogP contribution in [0.5, 0.6) is 0 Å². The highest BCUT2D eigenvalue weighted by atomic mass is 35.5. The number of aliphatic hydroxyl groups is 1. The summed E-state index contributed by atoms with van der Waals surface area (Å²) >= 11 is 6.01. The molecular weight excluding hydrogens is 254 g/mol. The van der Waals surface area contributed by atoms with E-state index in [0.717, 1.165) is 11.3 Å². The van der Waals surface area contributed by atoms with Crippen molar-refractivity contribution in [1.82, 2.24) is 9.88 Å². The molecule has 100 valence electrons. The van der Waals surface area contributed by atoms with Crippen LogP contribution >= 0.6 is 11.6 Å². The van der Waals surface area contributed by atoms with Crippen LogP contribution < -0.4 is 5.32 Å². The van der Waals surface area contributed by atoms with Gasteiger partial charge in [0.05, 0.1) is 12.3 Å². The van der Waals surface area contributed by atoms with Crippen LogP contribution in [0.3, 0.4) is 0 Å². The molecule has 1 heterocycles. The first-order valence-corrected chi connectivity index (χ1v) is 6.18. The van der Waals surface area contributed by atoms with E-state index in [9.17, 15) is 4.79 Å². The lowest BCUT2D eigenvalue weighted by Crippen LogP contribution is -2.37. The molecule has 0 unspecified atom stereocenters. The van der Waals surface area contributed by atoms with Gasteiger partial charge < -0.3 is 15.3 Å². The van der Waals surface area contributed by atoms with Gasteiger partial charge in [0.2, 0.25) is 0 Å². The first-order valence-electron chi connectivity index (χ1n) is 5.80. The number of aromatic nitrogens is 1. The summed E-state index contributed by atoms with van der Waals surface area (Å²) in [6, 6.07) is 1.56. The molecule has 0 aromatic carbocycles. The van der Waals surface area contributed by atoms with E-state index in [-0.39, 0.29) is 24.3 Å². The number of nitrogens with zero attached hydrogens (tertiary/aromatic N) is 2. The number of anilines is 1. The van der Waals surface area contributed by atoms with Gasteiger partial charge >= 0.3 is 6.03 Å². The van der Waals surface area contributed by atoms with Crippen LogP contribution in [0.4, 0.5) is 10.5 Å². The molecule has 6 heteroatoms. The smallest absolute Gasteiger partial charge is 0.322 e. The number of amides is 2. The van der Waals surface area contributed by atoms with Crippen LogP contribution in [0.1, 0.15) is 18.2 Å². The average Bonchev–Trinajstić information content (AvgIpc) is 2.30. The van der Waals surface area contributed by atoms with E-state index in [0.29, 0.717) is 12.2 Å². The molecule has 0 radical (unpaired) electrons. The maximum absolute atomic E-state index is 11.9. The van der Waals surface area contributed by atoms with Crippen molar-refractivity contribution in [2.24, 2.45) is 0 Å². The highest BCUT2D eigenvalue weighted by molar-refractivity contribution is 6.32. The maximum Gasteiger partial charge on any atom is 0.322 e. The van der Waals surface area contributed by atoms with Crippen LogP contribution in [0.15, 0.2) is 6.07 Å². The van der Waals surface area contributed by atoms with E-state index in [1.54, 1.807) is 0 Å². The summed E-state index contributed by atoms with van der Waals surface area (Å²) in [7, 11) is 0. The molecule has 0 aliphatic rings. The summed E-state index contributed by atoms with van der Waals surface area (Å²) in [5, 5.41) is 11.9. The van der Waals surface area contributed by atoms with E-state index >= 15 is 0 Å². The van der Waals surface area contributed by atoms with Crippen molar-refractivity contribution in [2.45, 2.75) is 20.8 Å². The van der Waals surface area contributed by atoms with Crippen molar-refractivity contribution in [1.29, 1.82) is 0 Å². The van der Waals surface area contributed by atoms with Gasteiger partial charge in [-0.2, -0.15) is 0 Å². The molecule has 2 amide bonds. The van der Waals surface area contributed by atoms with Crippen LogP contribution in [0, 0.1) is 13.8 Å². The van der Waals surface area contributed by atoms with Gasteiger partial charge in [-0.15, -0.1) is 0 Å². The third-order valence-corrected chi connectivity index (χ3v) is 2.84. The maximum atomic E-state index is 11.9. The molecule has 0 bridgehead atoms. The molecule has 0 saturated carbocycles. The minimum Gasteiger partial charge on any atom is -0.395 e. The van der Waals surface area contributed by atoms with Gasteiger partial charge in [-0.25, -0.2) is 9.78 Å². The normalized spacial score (nSPS) is 10.3. The van der Waals surface area contributed by atoms with Crippen molar-refractivity contribution < 1.29 is 9.90 Å². The van der Waals surface area contributed by atoms with Gasteiger partial charge in [-0.05, 0) is 32.4 Å². The molecule has 1 aromatic rings. The Labute approximate surface area is 112 Å². The van der Waals surface area contributed by atoms with Crippen molar-refractivity contribution in [2.75, 3.05) is 25.0 Å². The number of nitrogens with one attached hydrogen (secondary N) is 1. The van der Waals surface area contributed by atoms with Gasteiger partial charge in [-0.3, -0.25) is 0 Å². The number of likely N-dealkylation sites (N-methyl/N-ethyl adjacent to an activating group) is 1. The predicted molar refractivity (Wildman–Crippen MR) is 72.1 cm³/mol. The summed E-state index contributed by atoms with van der Waals surface area (Å²) in [5.74, 6) is 0. The van der Waals surface area contributed by atoms with Crippen LogP contribution in [0.2, 0.25) is 5.15 Å². The topological polar surface area (TPSA) is 65.5 Å². The lowest BCUT2D eigenvalue weighted by atomic mass is 10.2. The SMILES string of the molecule is CCN(CCO)C(=O)Nc1c(C)cc(C)nc1Cl. The molecule has 1 rings (SSSR count). The van der Waals surface area contributed by atoms with E-state index in [4.69, 9.17) is 16.7 Å². The number of aliphatic hydroxyl groups excluding tert-OH is 1. The lowest BCUT2D eigenvalue weighted by Gasteiger charge is -2.21. The Morgan fingerprint density at radius 3 is 2.72 bits per heavy atom. The zero-order chi connectivity index (χ0) is 13.7. The Kier molecular flexibility index (Phi) is 5.37. The molecule has 0 fully saturated rings. The third kappa shape index (κ3) is 3.58. The largest absolute Gasteiger partial charge is 0.395 e. The number of aryl methyl sites for hydroxylation is 2. The number of carbonyl (C=O) groups is 1. The standard InChI is InChI=1S/C12H18ClN3O2/c1-4-16(5-6-17)12(18)15-10-8(2)7-9(3)14-11(10)13/h7,17H,4-6H2,1-3H3,(H,15,18). The van der Waals surface area contributed by atoms with Crippen LogP contribution in [-0.2, 0) is 0 Å². The van der Waals surface area contributed by atoms with Crippen LogP contribution in [0.25, 0.3) is 0 Å². The second-order valence-corrected chi connectivity index (χ2v) is 4.34. The fourth-order valence-corrected chi connectivity index (χ4v) is 1.98. The molecule has 0 saturated heterocycles. The first-order chi connectivity index (χ1) is 8.49. The lowest BCUT2D eigenvalue weighted by molar-refractivity contribution is 0.192. The second kappa shape index (κ2) is 6.56. The van der Waals surface area contributed by atoms with Crippen molar-refractivity contribution >= 4 is 23.3 Å². The van der Waals surface area contributed by atoms with E-state index < -0.39 is 0 Å². The Hall–Kier alpha value is -1.33. The Morgan fingerprint density at radius 2 is 2.22 bits per heavy atom. The van der Waals surface area contributed by atoms with E-state index in [1.807, 2.05) is 26.8 Å². The highest BCUT2D eigenvalue weighted by Crippen LogP contribution is 2.24. The molecule has 0 atom stereocenters. The third-order valence-electron chi connectivity index (χ3n) is 2.57. The Morgan fingerprint density at radius 1 is 1.56 bits per heavy atom. The molecule has 2 N–H and O–H groups in total. The summed E-state index contributed by atoms with van der Waals surface area (Å²) in [6.07, 6.45) is 0. The summed E-state index contributed by atoms with van der Waals surface area (Å²) in [4.78, 5) is 17.5. The average molecular weight is 272 g/mol. The molecule has 5 nitrogen and oxygen atoms in total. The number of halogens is 1. The fraction of sp³-hybridized carbons (Fsp3) is 0.500. The number of hydrogen-bond acceptors (Lipinski definition) is 3.